The number of benzene rings is 2. The van der Waals surface area contributed by atoms with E-state index in [9.17, 15) is 0 Å². The predicted octanol–water partition coefficient (Wildman–Crippen LogP) is 6.39. The number of ether oxygens (including phenoxy) is 1. The van der Waals surface area contributed by atoms with Gasteiger partial charge in [-0.15, -0.1) is 0 Å². The summed E-state index contributed by atoms with van der Waals surface area (Å²) in [5, 5.41) is 0. The van der Waals surface area contributed by atoms with Crippen molar-refractivity contribution in [1.82, 2.24) is 0 Å². The molecule has 23 heavy (non-hydrogen) atoms. The molecule has 0 aliphatic heterocycles. The van der Waals surface area contributed by atoms with E-state index < -0.39 is 0 Å². The molecule has 0 aliphatic rings. The van der Waals surface area contributed by atoms with E-state index in [1.54, 1.807) is 0 Å². The quantitative estimate of drug-likeness (QED) is 0.364. The van der Waals surface area contributed by atoms with Gasteiger partial charge >= 0.3 is 0 Å². The van der Waals surface area contributed by atoms with E-state index in [2.05, 4.69) is 25.1 Å². The number of unbranched alkanes of at least 4 members (excludes halogenated alkanes) is 6. The van der Waals surface area contributed by atoms with Crippen LogP contribution in [0.3, 0.4) is 0 Å². The molecule has 2 heteroatoms. The van der Waals surface area contributed by atoms with Crippen molar-refractivity contribution in [2.24, 2.45) is 0 Å². The Bertz CT molecular complexity index is 524. The van der Waals surface area contributed by atoms with Gasteiger partial charge in [-0.2, -0.15) is 0 Å². The molecule has 1 nitrogen and oxygen atoms in total. The van der Waals surface area contributed by atoms with Crippen LogP contribution < -0.4 is 4.74 Å². The molecule has 0 heterocycles. The Labute approximate surface area is 163 Å². The maximum Gasteiger partial charge on any atom is 0.130 e. The summed E-state index contributed by atoms with van der Waals surface area (Å²) in [5.74, 6) is 1.91. The van der Waals surface area contributed by atoms with Crippen molar-refractivity contribution < 1.29 is 4.74 Å². The van der Waals surface area contributed by atoms with Crippen LogP contribution in [-0.4, -0.2) is 29.6 Å². The summed E-state index contributed by atoms with van der Waals surface area (Å²) in [4.78, 5) is 0. The minimum absolute atomic E-state index is 0. The molecule has 0 saturated carbocycles. The fourth-order valence-electron chi connectivity index (χ4n) is 2.70. The van der Waals surface area contributed by atoms with E-state index in [0.717, 1.165) is 17.9 Å². The van der Waals surface area contributed by atoms with Gasteiger partial charge in [0.2, 0.25) is 0 Å². The zero-order chi connectivity index (χ0) is 15.5. The van der Waals surface area contributed by atoms with Gasteiger partial charge in [-0.05, 0) is 36.6 Å². The van der Waals surface area contributed by atoms with Gasteiger partial charge in [0.25, 0.3) is 0 Å². The van der Waals surface area contributed by atoms with E-state index in [-0.39, 0.29) is 29.6 Å². The van der Waals surface area contributed by atoms with Gasteiger partial charge in [-0.25, -0.2) is 0 Å². The minimum atomic E-state index is 0. The first kappa shape index (κ1) is 20.3. The Morgan fingerprint density at radius 1 is 0.696 bits per heavy atom. The summed E-state index contributed by atoms with van der Waals surface area (Å²) < 4.78 is 6.02. The second-order valence-corrected chi connectivity index (χ2v) is 5.89. The fraction of sp³-hybridized carbons (Fsp3) is 0.429. The average molecular weight is 319 g/mol. The van der Waals surface area contributed by atoms with Crippen LogP contribution in [0.25, 0.3) is 0 Å². The molecule has 0 fully saturated rings. The summed E-state index contributed by atoms with van der Waals surface area (Å²) in [5.41, 5.74) is 1.32. The number of para-hydroxylation sites is 2. The van der Waals surface area contributed by atoms with Crippen molar-refractivity contribution >= 4 is 29.6 Å². The number of hydrogen-bond acceptors (Lipinski definition) is 1. The van der Waals surface area contributed by atoms with Crippen molar-refractivity contribution in [3.05, 3.63) is 60.2 Å². The first-order valence-electron chi connectivity index (χ1n) is 8.71. The summed E-state index contributed by atoms with van der Waals surface area (Å²) >= 11 is 0. The van der Waals surface area contributed by atoms with Gasteiger partial charge in [0.05, 0.1) is 0 Å². The van der Waals surface area contributed by atoms with Gasteiger partial charge in [-0.1, -0.05) is 81.8 Å². The molecule has 2 aromatic rings. The van der Waals surface area contributed by atoms with Gasteiger partial charge in [0.15, 0.2) is 0 Å². The Hall–Kier alpha value is -0.760. The number of hydrogen-bond donors (Lipinski definition) is 0. The largest absolute Gasteiger partial charge is 0.457 e. The molecule has 119 valence electrons. The molecule has 0 aliphatic carbocycles. The maximum atomic E-state index is 6.02. The monoisotopic (exact) mass is 319 g/mol. The molecule has 2 rings (SSSR count). The third-order valence-electron chi connectivity index (χ3n) is 3.99. The Morgan fingerprint density at radius 2 is 1.30 bits per heavy atom. The van der Waals surface area contributed by atoms with E-state index in [0.29, 0.717) is 0 Å². The van der Waals surface area contributed by atoms with Crippen LogP contribution in [-0.2, 0) is 6.42 Å². The molecule has 0 bridgehead atoms. The van der Waals surface area contributed by atoms with Crippen molar-refractivity contribution in [3.8, 4) is 11.5 Å². The van der Waals surface area contributed by atoms with Crippen molar-refractivity contribution in [2.75, 3.05) is 0 Å². The van der Waals surface area contributed by atoms with E-state index in [1.807, 2.05) is 36.4 Å². The fourth-order valence-corrected chi connectivity index (χ4v) is 2.70. The summed E-state index contributed by atoms with van der Waals surface area (Å²) in [6.45, 7) is 2.27. The second kappa shape index (κ2) is 12.6. The molecule has 2 aromatic carbocycles. The molecule has 0 N–H and O–H groups in total. The van der Waals surface area contributed by atoms with Gasteiger partial charge in [0.1, 0.15) is 11.5 Å². The Kier molecular flexibility index (Phi) is 11.1. The molecule has 0 amide bonds. The van der Waals surface area contributed by atoms with Crippen molar-refractivity contribution in [2.45, 2.75) is 58.3 Å². The van der Waals surface area contributed by atoms with Gasteiger partial charge < -0.3 is 4.74 Å². The number of aryl methyl sites for hydroxylation is 1. The maximum absolute atomic E-state index is 6.02. The third-order valence-corrected chi connectivity index (χ3v) is 3.99. The van der Waals surface area contributed by atoms with Crippen LogP contribution in [0.5, 0.6) is 11.5 Å². The van der Waals surface area contributed by atoms with Crippen LogP contribution >= 0.6 is 0 Å². The molecule has 0 atom stereocenters. The summed E-state index contributed by atoms with van der Waals surface area (Å²) in [7, 11) is 0. The summed E-state index contributed by atoms with van der Waals surface area (Å²) in [6, 6.07) is 18.5. The van der Waals surface area contributed by atoms with Crippen LogP contribution in [0, 0.1) is 0 Å². The van der Waals surface area contributed by atoms with E-state index in [4.69, 9.17) is 4.74 Å². The van der Waals surface area contributed by atoms with Crippen LogP contribution in [0.15, 0.2) is 54.6 Å². The first-order valence-corrected chi connectivity index (χ1v) is 8.71. The topological polar surface area (TPSA) is 9.23 Å². The van der Waals surface area contributed by atoms with Gasteiger partial charge in [-0.3, -0.25) is 0 Å². The minimum Gasteiger partial charge on any atom is -0.457 e. The average Bonchev–Trinajstić information content (AvgIpc) is 2.56. The molecule has 0 aromatic heterocycles. The SMILES string of the molecule is CCCCCCCCCc1ccccc1Oc1ccccc1.[Na]. The Balaban J connectivity index is 0.00000264. The second-order valence-electron chi connectivity index (χ2n) is 5.89. The van der Waals surface area contributed by atoms with Crippen LogP contribution in [0.4, 0.5) is 0 Å². The van der Waals surface area contributed by atoms with E-state index in [1.165, 1.54) is 50.5 Å². The smallest absolute Gasteiger partial charge is 0.130 e. The summed E-state index contributed by atoms with van der Waals surface area (Å²) in [6.07, 6.45) is 10.5. The molecule has 0 spiro atoms. The Morgan fingerprint density at radius 3 is 2.04 bits per heavy atom. The molecular weight excluding hydrogens is 291 g/mol. The van der Waals surface area contributed by atoms with Gasteiger partial charge in [0, 0.05) is 29.6 Å². The van der Waals surface area contributed by atoms with Crippen molar-refractivity contribution in [3.63, 3.8) is 0 Å². The predicted molar refractivity (Wildman–Crippen MR) is 100 cm³/mol. The molecule has 1 radical (unpaired) electrons. The molecule has 0 saturated heterocycles. The van der Waals surface area contributed by atoms with Crippen LogP contribution in [0.1, 0.15) is 57.4 Å². The number of rotatable bonds is 10. The van der Waals surface area contributed by atoms with E-state index >= 15 is 0 Å². The molecular formula is C21H28NaO. The zero-order valence-electron chi connectivity index (χ0n) is 14.8. The first-order chi connectivity index (χ1) is 10.9. The standard InChI is InChI=1S/C21H28O.Na/c1-2-3-4-5-6-7-9-14-19-15-12-13-18-21(19)22-20-16-10-8-11-17-20;/h8,10-13,15-18H,2-7,9,14H2,1H3;. The normalized spacial score (nSPS) is 10.1. The molecule has 0 unspecified atom stereocenters. The third kappa shape index (κ3) is 8.06. The van der Waals surface area contributed by atoms with Crippen molar-refractivity contribution in [1.29, 1.82) is 0 Å². The zero-order valence-corrected chi connectivity index (χ0v) is 16.8. The van der Waals surface area contributed by atoms with Crippen LogP contribution in [0.2, 0.25) is 0 Å².